The smallest absolute Gasteiger partial charge is 0.281 e. The van der Waals surface area contributed by atoms with E-state index in [1.807, 2.05) is 0 Å². The first-order chi connectivity index (χ1) is 6.40. The molecule has 6 aliphatic heterocycles. The second-order valence-corrected chi connectivity index (χ2v) is 5.77. The van der Waals surface area contributed by atoms with E-state index in [4.69, 9.17) is 0 Å². The van der Waals surface area contributed by atoms with Crippen molar-refractivity contribution in [2.75, 3.05) is 0 Å². The van der Waals surface area contributed by atoms with Gasteiger partial charge in [-0.25, -0.2) is 36.3 Å². The molecule has 0 aliphatic carbocycles. The topological polar surface area (TPSA) is 107 Å². The molecule has 0 spiro atoms. The zero-order valence-electron chi connectivity index (χ0n) is 6.07. The minimum Gasteiger partial charge on any atom is -0.281 e. The predicted octanol–water partition coefficient (Wildman–Crippen LogP) is 0.233. The molecule has 0 aromatic heterocycles. The second kappa shape index (κ2) is 1.68. The normalized spacial score (nSPS) is 66.9. The fourth-order valence-electron chi connectivity index (χ4n) is 1.36. The van der Waals surface area contributed by atoms with Gasteiger partial charge < -0.3 is 0 Å². The molecule has 0 N–H and O–H groups in total. The third-order valence-electron chi connectivity index (χ3n) is 1.95. The first-order valence-corrected chi connectivity index (χ1v) is 6.31. The van der Waals surface area contributed by atoms with Gasteiger partial charge in [-0.2, -0.15) is 0 Å². The molecular weight excluding hydrogens is 242 g/mol. The summed E-state index contributed by atoms with van der Waals surface area (Å²) in [5, 5.41) is 0. The molecule has 6 aliphatic rings. The van der Waals surface area contributed by atoms with Gasteiger partial charge in [0.15, 0.2) is 0 Å². The highest BCUT2D eigenvalue weighted by molar-refractivity contribution is 7.52. The van der Waals surface area contributed by atoms with Crippen LogP contribution in [0.3, 0.4) is 0 Å². The Balaban J connectivity index is 1.62. The molecule has 11 heteroatoms. The fraction of sp³-hybridized carbons (Fsp3) is 0.667. The summed E-state index contributed by atoms with van der Waals surface area (Å²) in [4.78, 5) is 11.4. The molecule has 0 aromatic rings. The zero-order chi connectivity index (χ0) is 9.82. The molecule has 76 valence electrons. The van der Waals surface area contributed by atoms with E-state index in [0.29, 0.717) is 0 Å². The number of hydrogen-bond donors (Lipinski definition) is 0. The first-order valence-electron chi connectivity index (χ1n) is 3.39. The molecule has 6 rings (SSSR count). The van der Waals surface area contributed by atoms with Gasteiger partial charge in [-0.05, 0) is 0 Å². The van der Waals surface area contributed by atoms with Crippen molar-refractivity contribution < 1.29 is 41.1 Å². The standard InChI is InChI=1S/C3O9P2/c4-1(2-7-13(5,8-2)9-2)3-10-14(6,11-3)12-3. The summed E-state index contributed by atoms with van der Waals surface area (Å²) < 4.78 is 48.4. The quantitative estimate of drug-likeness (QED) is 0.628. The van der Waals surface area contributed by atoms with Crippen LogP contribution in [0.5, 0.6) is 0 Å². The lowest BCUT2D eigenvalue weighted by atomic mass is 10.3. The maximum atomic E-state index is 11.4. The fourth-order valence-corrected chi connectivity index (χ4v) is 3.71. The highest BCUT2D eigenvalue weighted by atomic mass is 31.2. The van der Waals surface area contributed by atoms with Crippen molar-refractivity contribution >= 4 is 21.4 Å². The molecule has 6 saturated heterocycles. The van der Waals surface area contributed by atoms with Gasteiger partial charge in [-0.1, -0.05) is 0 Å². The molecule has 0 saturated carbocycles. The average molecular weight is 242 g/mol. The van der Waals surface area contributed by atoms with E-state index in [1.165, 1.54) is 0 Å². The van der Waals surface area contributed by atoms with Crippen LogP contribution in [0.25, 0.3) is 0 Å². The van der Waals surface area contributed by atoms with E-state index in [1.54, 1.807) is 0 Å². The van der Waals surface area contributed by atoms with Crippen molar-refractivity contribution in [1.82, 2.24) is 0 Å². The Morgan fingerprint density at radius 2 is 1.07 bits per heavy atom. The lowest BCUT2D eigenvalue weighted by Gasteiger charge is -2.60. The summed E-state index contributed by atoms with van der Waals surface area (Å²) in [6, 6.07) is 0. The van der Waals surface area contributed by atoms with Gasteiger partial charge in [0, 0.05) is 0 Å². The molecule has 6 heterocycles. The molecule has 4 bridgehead atoms. The van der Waals surface area contributed by atoms with Gasteiger partial charge in [0.2, 0.25) is 0 Å². The van der Waals surface area contributed by atoms with Crippen LogP contribution >= 0.6 is 15.6 Å². The van der Waals surface area contributed by atoms with Crippen molar-refractivity contribution in [3.05, 3.63) is 0 Å². The highest BCUT2D eigenvalue weighted by Gasteiger charge is 2.90. The number of carbonyl (C=O) groups is 1. The minimum absolute atomic E-state index is 1.000. The van der Waals surface area contributed by atoms with E-state index < -0.39 is 33.4 Å². The Morgan fingerprint density at radius 1 is 0.786 bits per heavy atom. The summed E-state index contributed by atoms with van der Waals surface area (Å²) in [6.45, 7) is 0. The van der Waals surface area contributed by atoms with Crippen LogP contribution in [-0.2, 0) is 41.1 Å². The third-order valence-corrected chi connectivity index (χ3v) is 4.73. The predicted molar refractivity (Wildman–Crippen MR) is 32.2 cm³/mol. The Bertz CT molecular complexity index is 383. The van der Waals surface area contributed by atoms with E-state index >= 15 is 0 Å². The molecule has 0 unspecified atom stereocenters. The number of Topliss-reactive ketones (excluding diaryl/α,β-unsaturated/α-hetero) is 1. The van der Waals surface area contributed by atoms with Crippen LogP contribution in [0.4, 0.5) is 0 Å². The SMILES string of the molecule is O=C(C12OP(=O)(O1)O2)C12OP(=O)(O1)O2. The largest absolute Gasteiger partial charge is 0.489 e. The maximum absolute atomic E-state index is 11.4. The lowest BCUT2D eigenvalue weighted by molar-refractivity contribution is -0.448. The number of hydrogen-bond acceptors (Lipinski definition) is 9. The Labute approximate surface area is 75.4 Å². The van der Waals surface area contributed by atoms with E-state index in [0.717, 1.165) is 0 Å². The Hall–Kier alpha value is -0.110. The lowest BCUT2D eigenvalue weighted by Crippen LogP contribution is -2.75. The first kappa shape index (κ1) is 8.09. The zero-order valence-corrected chi connectivity index (χ0v) is 7.86. The summed E-state index contributed by atoms with van der Waals surface area (Å²) in [5.41, 5.74) is 0. The number of carbonyl (C=O) groups excluding carboxylic acids is 1. The molecule has 14 heavy (non-hydrogen) atoms. The van der Waals surface area contributed by atoms with Crippen molar-refractivity contribution in [3.63, 3.8) is 0 Å². The number of phosphoric ester groups is 2. The van der Waals surface area contributed by atoms with E-state index in [9.17, 15) is 13.9 Å². The molecular formula is C3O9P2. The Morgan fingerprint density at radius 3 is 1.29 bits per heavy atom. The van der Waals surface area contributed by atoms with Gasteiger partial charge >= 0.3 is 33.4 Å². The van der Waals surface area contributed by atoms with Crippen molar-refractivity contribution in [3.8, 4) is 0 Å². The van der Waals surface area contributed by atoms with E-state index in [2.05, 4.69) is 27.1 Å². The average Bonchev–Trinajstić information content (AvgIpc) is 1.87. The van der Waals surface area contributed by atoms with Crippen molar-refractivity contribution in [2.24, 2.45) is 0 Å². The van der Waals surface area contributed by atoms with Crippen LogP contribution in [0.15, 0.2) is 0 Å². The molecule has 6 fully saturated rings. The van der Waals surface area contributed by atoms with Gasteiger partial charge in [-0.3, -0.25) is 4.79 Å². The summed E-state index contributed by atoms with van der Waals surface area (Å²) in [7, 11) is -6.91. The van der Waals surface area contributed by atoms with Gasteiger partial charge in [-0.15, -0.1) is 0 Å². The van der Waals surface area contributed by atoms with Crippen molar-refractivity contribution in [2.45, 2.75) is 11.9 Å². The number of ketones is 1. The second-order valence-electron chi connectivity index (χ2n) is 2.88. The van der Waals surface area contributed by atoms with Gasteiger partial charge in [0.05, 0.1) is 0 Å². The van der Waals surface area contributed by atoms with Gasteiger partial charge in [0.25, 0.3) is 0 Å². The maximum Gasteiger partial charge on any atom is 0.489 e. The molecule has 9 nitrogen and oxygen atoms in total. The summed E-state index contributed by atoms with van der Waals surface area (Å²) >= 11 is 0. The molecule has 0 atom stereocenters. The molecule has 0 amide bonds. The molecule has 0 aromatic carbocycles. The minimum atomic E-state index is -3.45. The van der Waals surface area contributed by atoms with Crippen LogP contribution < -0.4 is 0 Å². The van der Waals surface area contributed by atoms with Gasteiger partial charge in [0.1, 0.15) is 0 Å². The van der Waals surface area contributed by atoms with E-state index in [-0.39, 0.29) is 0 Å². The van der Waals surface area contributed by atoms with Crippen LogP contribution in [0.2, 0.25) is 0 Å². The Kier molecular flexibility index (Phi) is 0.973. The van der Waals surface area contributed by atoms with Crippen molar-refractivity contribution in [1.29, 1.82) is 0 Å². The summed E-state index contributed by atoms with van der Waals surface area (Å²) in [5.74, 6) is -5.11. The van der Waals surface area contributed by atoms with Crippen LogP contribution in [0, 0.1) is 0 Å². The highest BCUT2D eigenvalue weighted by Crippen LogP contribution is 2.85. The molecule has 0 radical (unpaired) electrons. The summed E-state index contributed by atoms with van der Waals surface area (Å²) in [6.07, 6.45) is 0. The van der Waals surface area contributed by atoms with Crippen LogP contribution in [-0.4, -0.2) is 17.7 Å². The monoisotopic (exact) mass is 242 g/mol. The van der Waals surface area contributed by atoms with Crippen LogP contribution in [0.1, 0.15) is 0 Å². The third kappa shape index (κ3) is 0.615. The number of phosphoric acid groups is 2. The number of rotatable bonds is 2.